The van der Waals surface area contributed by atoms with Gasteiger partial charge in [-0.2, -0.15) is 0 Å². The average molecular weight is 389 g/mol. The van der Waals surface area contributed by atoms with Gasteiger partial charge in [-0.25, -0.2) is 0 Å². The Morgan fingerprint density at radius 1 is 0.857 bits per heavy atom. The number of unbranched alkanes of at least 4 members (excludes halogenated alkanes) is 2. The summed E-state index contributed by atoms with van der Waals surface area (Å²) in [6.45, 7) is 12.4. The summed E-state index contributed by atoms with van der Waals surface area (Å²) in [5, 5.41) is 10.7. The van der Waals surface area contributed by atoms with Crippen molar-refractivity contribution in [2.75, 3.05) is 0 Å². The predicted molar refractivity (Wildman–Crippen MR) is 119 cm³/mol. The Bertz CT molecular complexity index is 552. The Morgan fingerprint density at radius 2 is 1.61 bits per heavy atom. The number of fused-ring (bicyclic) bond motifs is 5. The number of aliphatic hydroxyl groups is 1. The topological polar surface area (TPSA) is 20.2 Å². The highest BCUT2D eigenvalue weighted by molar-refractivity contribution is 5.10. The fraction of sp³-hybridized carbons (Fsp3) is 1.00. The van der Waals surface area contributed by atoms with E-state index in [4.69, 9.17) is 0 Å². The maximum atomic E-state index is 10.7. The smallest absolute Gasteiger partial charge is 0.0622 e. The molecule has 4 fully saturated rings. The molecule has 0 amide bonds. The third kappa shape index (κ3) is 3.40. The third-order valence-corrected chi connectivity index (χ3v) is 11.0. The standard InChI is InChI=1S/C27H48O/c1-6-7-8-9-19(2)22-12-13-23-21-11-10-20-18-25(3,28)16-17-26(20,4)24(21)14-15-27(22,23)5/h19-24,28H,6-18H2,1-5H3/t19-,20+,21+,22-,23+,24+,25+,26+,27-/m1/s1. The largest absolute Gasteiger partial charge is 0.390 e. The molecule has 0 saturated heterocycles. The van der Waals surface area contributed by atoms with E-state index in [0.29, 0.717) is 10.8 Å². The van der Waals surface area contributed by atoms with Gasteiger partial charge in [0.2, 0.25) is 0 Å². The zero-order valence-electron chi connectivity index (χ0n) is 19.6. The van der Waals surface area contributed by atoms with Gasteiger partial charge < -0.3 is 5.11 Å². The lowest BCUT2D eigenvalue weighted by molar-refractivity contribution is -0.148. The van der Waals surface area contributed by atoms with E-state index in [2.05, 4.69) is 34.6 Å². The van der Waals surface area contributed by atoms with Crippen molar-refractivity contribution in [2.24, 2.45) is 46.3 Å². The van der Waals surface area contributed by atoms with E-state index in [0.717, 1.165) is 48.3 Å². The van der Waals surface area contributed by atoms with E-state index in [1.165, 1.54) is 70.6 Å². The van der Waals surface area contributed by atoms with Crippen molar-refractivity contribution in [3.63, 3.8) is 0 Å². The quantitative estimate of drug-likeness (QED) is 0.480. The molecule has 4 aliphatic carbocycles. The molecule has 0 aromatic carbocycles. The molecule has 0 aromatic rings. The van der Waals surface area contributed by atoms with Gasteiger partial charge in [0, 0.05) is 0 Å². The first-order valence-corrected chi connectivity index (χ1v) is 12.9. The van der Waals surface area contributed by atoms with Crippen molar-refractivity contribution in [2.45, 2.75) is 124 Å². The summed E-state index contributed by atoms with van der Waals surface area (Å²) >= 11 is 0. The van der Waals surface area contributed by atoms with Gasteiger partial charge in [0.1, 0.15) is 0 Å². The van der Waals surface area contributed by atoms with Crippen molar-refractivity contribution in [3.8, 4) is 0 Å². The molecular formula is C27H48O. The third-order valence-electron chi connectivity index (χ3n) is 11.0. The second-order valence-corrected chi connectivity index (χ2v) is 12.6. The highest BCUT2D eigenvalue weighted by atomic mass is 16.3. The van der Waals surface area contributed by atoms with Crippen LogP contribution in [-0.2, 0) is 0 Å². The molecule has 4 saturated carbocycles. The molecule has 0 radical (unpaired) electrons. The van der Waals surface area contributed by atoms with Crippen LogP contribution in [0.4, 0.5) is 0 Å². The zero-order chi connectivity index (χ0) is 20.2. The second kappa shape index (κ2) is 7.58. The van der Waals surface area contributed by atoms with Crippen LogP contribution in [0.15, 0.2) is 0 Å². The molecular weight excluding hydrogens is 340 g/mol. The van der Waals surface area contributed by atoms with Gasteiger partial charge in [-0.1, -0.05) is 53.4 Å². The SMILES string of the molecule is CCCCC[C@@H](C)[C@H]1CC[C@H]2[C@@H]3CC[C@H]4C[C@@](C)(O)CC[C@]4(C)[C@H]3CC[C@]12C. The molecule has 0 spiro atoms. The first-order valence-electron chi connectivity index (χ1n) is 12.9. The molecule has 0 bridgehead atoms. The van der Waals surface area contributed by atoms with Crippen LogP contribution in [0.25, 0.3) is 0 Å². The van der Waals surface area contributed by atoms with Gasteiger partial charge in [0.05, 0.1) is 5.60 Å². The molecule has 4 aliphatic rings. The lowest BCUT2D eigenvalue weighted by Crippen LogP contribution is -2.55. The molecule has 28 heavy (non-hydrogen) atoms. The van der Waals surface area contributed by atoms with Crippen LogP contribution in [0.2, 0.25) is 0 Å². The second-order valence-electron chi connectivity index (χ2n) is 12.6. The molecule has 1 nitrogen and oxygen atoms in total. The van der Waals surface area contributed by atoms with Crippen LogP contribution in [0.1, 0.15) is 118 Å². The maximum absolute atomic E-state index is 10.7. The van der Waals surface area contributed by atoms with Crippen LogP contribution in [0, 0.1) is 46.3 Å². The first-order chi connectivity index (χ1) is 13.2. The molecule has 0 aliphatic heterocycles. The predicted octanol–water partition coefficient (Wildman–Crippen LogP) is 7.61. The molecule has 9 atom stereocenters. The summed E-state index contributed by atoms with van der Waals surface area (Å²) in [7, 11) is 0. The van der Waals surface area contributed by atoms with E-state index in [1.807, 2.05) is 0 Å². The summed E-state index contributed by atoms with van der Waals surface area (Å²) in [5.41, 5.74) is 0.736. The van der Waals surface area contributed by atoms with Crippen LogP contribution < -0.4 is 0 Å². The minimum Gasteiger partial charge on any atom is -0.390 e. The molecule has 0 unspecified atom stereocenters. The fourth-order valence-electron chi connectivity index (χ4n) is 9.32. The Morgan fingerprint density at radius 3 is 2.36 bits per heavy atom. The highest BCUT2D eigenvalue weighted by Gasteiger charge is 2.61. The minimum atomic E-state index is -0.396. The van der Waals surface area contributed by atoms with Crippen molar-refractivity contribution in [3.05, 3.63) is 0 Å². The van der Waals surface area contributed by atoms with E-state index >= 15 is 0 Å². The lowest BCUT2D eigenvalue weighted by Gasteiger charge is -2.62. The summed E-state index contributed by atoms with van der Waals surface area (Å²) in [6, 6.07) is 0. The van der Waals surface area contributed by atoms with Crippen molar-refractivity contribution < 1.29 is 5.11 Å². The van der Waals surface area contributed by atoms with Gasteiger partial charge in [0.25, 0.3) is 0 Å². The summed E-state index contributed by atoms with van der Waals surface area (Å²) < 4.78 is 0. The summed E-state index contributed by atoms with van der Waals surface area (Å²) in [5.74, 6) is 5.59. The van der Waals surface area contributed by atoms with E-state index in [1.54, 1.807) is 0 Å². The zero-order valence-corrected chi connectivity index (χ0v) is 19.6. The minimum absolute atomic E-state index is 0.396. The monoisotopic (exact) mass is 388 g/mol. The van der Waals surface area contributed by atoms with Gasteiger partial charge in [-0.3, -0.25) is 0 Å². The van der Waals surface area contributed by atoms with Gasteiger partial charge in [-0.15, -0.1) is 0 Å². The Hall–Kier alpha value is -0.0400. The lowest BCUT2D eigenvalue weighted by atomic mass is 9.43. The normalized spacial score (nSPS) is 51.9. The van der Waals surface area contributed by atoms with Crippen molar-refractivity contribution in [1.29, 1.82) is 0 Å². The Labute approximate surface area is 175 Å². The molecule has 1 heteroatoms. The van der Waals surface area contributed by atoms with Crippen LogP contribution in [0.5, 0.6) is 0 Å². The maximum Gasteiger partial charge on any atom is 0.0622 e. The van der Waals surface area contributed by atoms with E-state index in [-0.39, 0.29) is 0 Å². The summed E-state index contributed by atoms with van der Waals surface area (Å²) in [6.07, 6.45) is 17.9. The van der Waals surface area contributed by atoms with Gasteiger partial charge in [0.15, 0.2) is 0 Å². The van der Waals surface area contributed by atoms with Gasteiger partial charge in [-0.05, 0) is 111 Å². The van der Waals surface area contributed by atoms with Gasteiger partial charge >= 0.3 is 0 Å². The molecule has 162 valence electrons. The van der Waals surface area contributed by atoms with Crippen LogP contribution in [-0.4, -0.2) is 10.7 Å². The average Bonchev–Trinajstić information content (AvgIpc) is 2.99. The van der Waals surface area contributed by atoms with E-state index < -0.39 is 5.60 Å². The highest BCUT2D eigenvalue weighted by Crippen LogP contribution is 2.68. The fourth-order valence-corrected chi connectivity index (χ4v) is 9.32. The number of rotatable bonds is 5. The molecule has 0 aromatic heterocycles. The first kappa shape index (κ1) is 21.2. The summed E-state index contributed by atoms with van der Waals surface area (Å²) in [4.78, 5) is 0. The Kier molecular flexibility index (Phi) is 5.74. The van der Waals surface area contributed by atoms with E-state index in [9.17, 15) is 5.11 Å². The molecule has 4 rings (SSSR count). The Balaban J connectivity index is 1.49. The number of hydrogen-bond acceptors (Lipinski definition) is 1. The van der Waals surface area contributed by atoms with Crippen LogP contribution in [0.3, 0.4) is 0 Å². The van der Waals surface area contributed by atoms with Crippen molar-refractivity contribution >= 4 is 0 Å². The number of hydrogen-bond donors (Lipinski definition) is 1. The van der Waals surface area contributed by atoms with Crippen LogP contribution >= 0.6 is 0 Å². The van der Waals surface area contributed by atoms with Crippen molar-refractivity contribution in [1.82, 2.24) is 0 Å². The molecule has 1 N–H and O–H groups in total. The molecule has 0 heterocycles.